The van der Waals surface area contributed by atoms with E-state index < -0.39 is 0 Å². The van der Waals surface area contributed by atoms with Crippen LogP contribution in [0.5, 0.6) is 0 Å². The first-order chi connectivity index (χ1) is 16.0. The van der Waals surface area contributed by atoms with Gasteiger partial charge in [0, 0.05) is 32.2 Å². The normalized spacial score (nSPS) is 16.5. The molecule has 1 fully saturated rings. The van der Waals surface area contributed by atoms with Crippen molar-refractivity contribution in [2.75, 3.05) is 26.2 Å². The van der Waals surface area contributed by atoms with Crippen LogP contribution in [0.3, 0.4) is 0 Å². The first kappa shape index (κ1) is 22.5. The Morgan fingerprint density at radius 2 is 1.79 bits per heavy atom. The molecule has 2 aromatic carbocycles. The van der Waals surface area contributed by atoms with E-state index >= 15 is 0 Å². The van der Waals surface area contributed by atoms with Crippen molar-refractivity contribution in [3.05, 3.63) is 87.8 Å². The molecule has 2 amide bonds. The second-order valence-corrected chi connectivity index (χ2v) is 8.40. The average Bonchev–Trinajstić information content (AvgIpc) is 2.99. The molecule has 1 aliphatic heterocycles. The number of likely N-dealkylation sites (N-methyl/N-ethyl adjacent to an activating group) is 1. The molecule has 2 heterocycles. The molecule has 0 unspecified atom stereocenters. The van der Waals surface area contributed by atoms with E-state index in [-0.39, 0.29) is 29.0 Å². The van der Waals surface area contributed by atoms with E-state index in [9.17, 15) is 14.4 Å². The summed E-state index contributed by atoms with van der Waals surface area (Å²) in [6.07, 6.45) is 0.530. The number of carbonyl (C=O) groups is 2. The van der Waals surface area contributed by atoms with E-state index in [0.717, 1.165) is 16.7 Å². The number of nitrogens with zero attached hydrogens (tertiary/aromatic N) is 3. The van der Waals surface area contributed by atoms with Gasteiger partial charge in [-0.25, -0.2) is 5.10 Å². The zero-order valence-corrected chi connectivity index (χ0v) is 19.0. The molecular formula is C26H28N4O3. The Morgan fingerprint density at radius 1 is 1.03 bits per heavy atom. The van der Waals surface area contributed by atoms with Gasteiger partial charge in [-0.05, 0) is 43.0 Å². The van der Waals surface area contributed by atoms with Crippen LogP contribution in [-0.4, -0.2) is 58.0 Å². The predicted molar refractivity (Wildman–Crippen MR) is 127 cm³/mol. The van der Waals surface area contributed by atoms with Gasteiger partial charge in [-0.3, -0.25) is 14.4 Å². The Kier molecular flexibility index (Phi) is 6.68. The fourth-order valence-electron chi connectivity index (χ4n) is 4.30. The highest BCUT2D eigenvalue weighted by Gasteiger charge is 2.33. The maximum absolute atomic E-state index is 13.3. The molecule has 1 N–H and O–H groups in total. The smallest absolute Gasteiger partial charge is 0.274 e. The number of benzene rings is 2. The number of aromatic amines is 1. The van der Waals surface area contributed by atoms with Crippen LogP contribution in [0.4, 0.5) is 0 Å². The lowest BCUT2D eigenvalue weighted by atomic mass is 9.91. The average molecular weight is 445 g/mol. The molecule has 7 heteroatoms. The van der Waals surface area contributed by atoms with Gasteiger partial charge < -0.3 is 9.80 Å². The van der Waals surface area contributed by atoms with Crippen molar-refractivity contribution >= 4 is 11.8 Å². The number of hydrogen-bond donors (Lipinski definition) is 1. The van der Waals surface area contributed by atoms with Crippen LogP contribution in [0.15, 0.2) is 65.5 Å². The maximum Gasteiger partial charge on any atom is 0.274 e. The van der Waals surface area contributed by atoms with E-state index in [1.54, 1.807) is 4.90 Å². The molecule has 0 saturated carbocycles. The fourth-order valence-corrected chi connectivity index (χ4v) is 4.30. The molecule has 4 rings (SSSR count). The van der Waals surface area contributed by atoms with E-state index in [1.165, 1.54) is 17.7 Å². The van der Waals surface area contributed by atoms with Crippen molar-refractivity contribution < 1.29 is 9.59 Å². The number of amides is 2. The first-order valence-electron chi connectivity index (χ1n) is 11.2. The molecule has 1 saturated heterocycles. The van der Waals surface area contributed by atoms with Gasteiger partial charge in [0.2, 0.25) is 5.91 Å². The quantitative estimate of drug-likeness (QED) is 0.656. The number of hydrogen-bond acceptors (Lipinski definition) is 4. The Labute approximate surface area is 193 Å². The van der Waals surface area contributed by atoms with E-state index in [1.807, 2.05) is 24.0 Å². The summed E-state index contributed by atoms with van der Waals surface area (Å²) in [6, 6.07) is 19.2. The Balaban J connectivity index is 1.63. The summed E-state index contributed by atoms with van der Waals surface area (Å²) in [5, 5.41) is 6.20. The Bertz CT molecular complexity index is 1180. The lowest BCUT2D eigenvalue weighted by molar-refractivity contribution is -0.134. The topological polar surface area (TPSA) is 86.4 Å². The predicted octanol–water partition coefficient (Wildman–Crippen LogP) is 2.91. The molecule has 33 heavy (non-hydrogen) atoms. The number of aromatic nitrogens is 2. The van der Waals surface area contributed by atoms with Crippen LogP contribution in [0, 0.1) is 12.8 Å². The van der Waals surface area contributed by atoms with Crippen LogP contribution in [-0.2, 0) is 11.2 Å². The third-order valence-electron chi connectivity index (χ3n) is 6.15. The van der Waals surface area contributed by atoms with Crippen molar-refractivity contribution in [3.63, 3.8) is 0 Å². The summed E-state index contributed by atoms with van der Waals surface area (Å²) in [4.78, 5) is 41.3. The highest BCUT2D eigenvalue weighted by Crippen LogP contribution is 2.27. The van der Waals surface area contributed by atoms with Gasteiger partial charge in [-0.2, -0.15) is 5.10 Å². The molecule has 1 aromatic heterocycles. The highest BCUT2D eigenvalue weighted by molar-refractivity contribution is 5.93. The van der Waals surface area contributed by atoms with E-state index in [0.29, 0.717) is 32.6 Å². The highest BCUT2D eigenvalue weighted by atomic mass is 16.2. The van der Waals surface area contributed by atoms with Gasteiger partial charge in [-0.15, -0.1) is 0 Å². The number of nitrogens with one attached hydrogen (secondary N) is 1. The van der Waals surface area contributed by atoms with Crippen molar-refractivity contribution in [2.45, 2.75) is 20.3 Å². The SMILES string of the molecule is CCN1CCN(C(=O)c2ccc(=O)[nH]n2)C[C@H](Cc2ccccc2-c2ccc(C)cc2)C1=O. The molecule has 1 atom stereocenters. The van der Waals surface area contributed by atoms with Gasteiger partial charge in [0.15, 0.2) is 0 Å². The lowest BCUT2D eigenvalue weighted by Gasteiger charge is -2.24. The molecule has 170 valence electrons. The minimum Gasteiger partial charge on any atom is -0.341 e. The van der Waals surface area contributed by atoms with Crippen LogP contribution in [0.25, 0.3) is 11.1 Å². The van der Waals surface area contributed by atoms with Gasteiger partial charge in [0.25, 0.3) is 11.5 Å². The summed E-state index contributed by atoms with van der Waals surface area (Å²) in [6.45, 7) is 5.80. The van der Waals surface area contributed by atoms with E-state index in [4.69, 9.17) is 0 Å². The molecule has 0 aliphatic carbocycles. The molecule has 7 nitrogen and oxygen atoms in total. The number of rotatable bonds is 5. The Morgan fingerprint density at radius 3 is 2.48 bits per heavy atom. The maximum atomic E-state index is 13.3. The number of carbonyl (C=O) groups excluding carboxylic acids is 2. The zero-order chi connectivity index (χ0) is 23.4. The van der Waals surface area contributed by atoms with Crippen LogP contribution in [0.1, 0.15) is 28.5 Å². The van der Waals surface area contributed by atoms with Gasteiger partial charge >= 0.3 is 0 Å². The van der Waals surface area contributed by atoms with Gasteiger partial charge in [0.1, 0.15) is 5.69 Å². The minimum absolute atomic E-state index is 0.0564. The first-order valence-corrected chi connectivity index (χ1v) is 11.2. The molecule has 3 aromatic rings. The van der Waals surface area contributed by atoms with Crippen molar-refractivity contribution in [1.82, 2.24) is 20.0 Å². The van der Waals surface area contributed by atoms with Gasteiger partial charge in [-0.1, -0.05) is 54.1 Å². The van der Waals surface area contributed by atoms with Crippen LogP contribution >= 0.6 is 0 Å². The zero-order valence-electron chi connectivity index (χ0n) is 19.0. The minimum atomic E-state index is -0.370. The second kappa shape index (κ2) is 9.81. The molecule has 0 bridgehead atoms. The third-order valence-corrected chi connectivity index (χ3v) is 6.15. The van der Waals surface area contributed by atoms with Crippen molar-refractivity contribution in [1.29, 1.82) is 0 Å². The Hall–Kier alpha value is -3.74. The molecule has 1 aliphatic rings. The number of aryl methyl sites for hydroxylation is 1. The summed E-state index contributed by atoms with van der Waals surface area (Å²) in [5.74, 6) is -0.597. The van der Waals surface area contributed by atoms with Crippen molar-refractivity contribution in [3.8, 4) is 11.1 Å². The third kappa shape index (κ3) is 5.03. The summed E-state index contributed by atoms with van der Waals surface area (Å²) in [7, 11) is 0. The van der Waals surface area contributed by atoms with Crippen LogP contribution in [0.2, 0.25) is 0 Å². The summed E-state index contributed by atoms with van der Waals surface area (Å²) >= 11 is 0. The van der Waals surface area contributed by atoms with Gasteiger partial charge in [0.05, 0.1) is 5.92 Å². The fraction of sp³-hybridized carbons (Fsp3) is 0.308. The van der Waals surface area contributed by atoms with Crippen molar-refractivity contribution in [2.24, 2.45) is 5.92 Å². The second-order valence-electron chi connectivity index (χ2n) is 8.40. The lowest BCUT2D eigenvalue weighted by Crippen LogP contribution is -2.38. The summed E-state index contributed by atoms with van der Waals surface area (Å²) < 4.78 is 0. The molecule has 0 radical (unpaired) electrons. The standard InChI is InChI=1S/C26H28N4O3/c1-3-29-14-15-30(26(33)23-12-13-24(31)28-27-23)17-21(25(29)32)16-20-6-4-5-7-22(20)19-10-8-18(2)9-11-19/h4-13,21H,3,14-17H2,1-2H3,(H,28,31)/t21-/m0/s1. The van der Waals surface area contributed by atoms with E-state index in [2.05, 4.69) is 53.5 Å². The molecule has 0 spiro atoms. The van der Waals surface area contributed by atoms with Crippen LogP contribution < -0.4 is 5.56 Å². The monoisotopic (exact) mass is 444 g/mol. The summed E-state index contributed by atoms with van der Waals surface area (Å²) in [5.41, 5.74) is 4.28. The molecular weight excluding hydrogens is 416 g/mol. The largest absolute Gasteiger partial charge is 0.341 e. The number of H-pyrrole nitrogens is 1.